The lowest BCUT2D eigenvalue weighted by Gasteiger charge is -2.23. The number of fused-ring (bicyclic) bond motifs is 1. The van der Waals surface area contributed by atoms with E-state index in [2.05, 4.69) is 20.8 Å². The molecule has 2 amide bonds. The third-order valence-electron chi connectivity index (χ3n) is 6.58. The number of amides is 2. The lowest BCUT2D eigenvalue weighted by atomic mass is 9.82. The molecule has 0 unspecified atom stereocenters. The zero-order chi connectivity index (χ0) is 22.2. The summed E-state index contributed by atoms with van der Waals surface area (Å²) in [7, 11) is 0. The number of esters is 1. The summed E-state index contributed by atoms with van der Waals surface area (Å²) in [6.07, 6.45) is 6.08. The number of allylic oxidation sites excluding steroid dienone is 2. The average molecular weight is 418 g/mol. The molecule has 2 aliphatic rings. The minimum absolute atomic E-state index is 0.0539. The molecule has 1 saturated heterocycles. The van der Waals surface area contributed by atoms with E-state index in [4.69, 9.17) is 4.74 Å². The van der Waals surface area contributed by atoms with Crippen molar-refractivity contribution in [2.24, 2.45) is 11.8 Å². The number of hydrogen-bond donors (Lipinski definition) is 0. The number of nitrogens with zero attached hydrogens (tertiary/aromatic N) is 1. The van der Waals surface area contributed by atoms with Crippen molar-refractivity contribution < 1.29 is 19.1 Å². The van der Waals surface area contributed by atoms with E-state index in [0.717, 1.165) is 6.42 Å². The van der Waals surface area contributed by atoms with Crippen LogP contribution in [0.25, 0.3) is 0 Å². The molecule has 1 fully saturated rings. The molecule has 5 nitrogen and oxygen atoms in total. The smallest absolute Gasteiger partial charge is 0.343 e. The second kappa shape index (κ2) is 8.14. The van der Waals surface area contributed by atoms with Gasteiger partial charge >= 0.3 is 5.97 Å². The maximum atomic E-state index is 12.8. The van der Waals surface area contributed by atoms with Gasteiger partial charge in [-0.05, 0) is 60.6 Å². The number of ether oxygens (including phenoxy) is 1. The van der Waals surface area contributed by atoms with Gasteiger partial charge < -0.3 is 4.74 Å². The molecule has 0 spiro atoms. The Hall–Kier alpha value is -3.21. The molecule has 0 bridgehead atoms. The fourth-order valence-corrected chi connectivity index (χ4v) is 4.17. The van der Waals surface area contributed by atoms with Crippen LogP contribution in [0.2, 0.25) is 0 Å². The number of anilines is 1. The summed E-state index contributed by atoms with van der Waals surface area (Å²) < 4.78 is 5.53. The van der Waals surface area contributed by atoms with E-state index >= 15 is 0 Å². The van der Waals surface area contributed by atoms with Crippen LogP contribution < -0.4 is 9.64 Å². The van der Waals surface area contributed by atoms with E-state index in [0.29, 0.717) is 29.8 Å². The minimum Gasteiger partial charge on any atom is -0.423 e. The van der Waals surface area contributed by atoms with Crippen molar-refractivity contribution in [1.82, 2.24) is 0 Å². The molecule has 0 N–H and O–H groups in total. The van der Waals surface area contributed by atoms with Crippen molar-refractivity contribution >= 4 is 23.5 Å². The molecular formula is C26H27NO4. The standard InChI is InChI=1S/C26H27NO4/c1-4-26(2,3)18-12-14-20(15-13-18)31-25(30)17-8-7-9-19(16-17)27-23(28)21-10-5-6-11-22(21)24(27)29/h5-9,12-16,21-22H,4,10-11H2,1-3H3/t21-,22-/m0/s1. The van der Waals surface area contributed by atoms with E-state index in [1.165, 1.54) is 10.5 Å². The van der Waals surface area contributed by atoms with Gasteiger partial charge in [0.1, 0.15) is 5.75 Å². The Morgan fingerprint density at radius 2 is 1.61 bits per heavy atom. The van der Waals surface area contributed by atoms with Crippen molar-refractivity contribution in [1.29, 1.82) is 0 Å². The van der Waals surface area contributed by atoms with Crippen LogP contribution in [0.15, 0.2) is 60.7 Å². The van der Waals surface area contributed by atoms with E-state index in [1.54, 1.807) is 36.4 Å². The highest BCUT2D eigenvalue weighted by molar-refractivity contribution is 6.22. The van der Waals surface area contributed by atoms with Gasteiger partial charge in [0.25, 0.3) is 0 Å². The number of benzene rings is 2. The Bertz CT molecular complexity index is 1030. The number of carbonyl (C=O) groups excluding carboxylic acids is 3. The monoisotopic (exact) mass is 417 g/mol. The molecular weight excluding hydrogens is 390 g/mol. The van der Waals surface area contributed by atoms with E-state index in [-0.39, 0.29) is 29.1 Å². The largest absolute Gasteiger partial charge is 0.423 e. The second-order valence-electron chi connectivity index (χ2n) is 8.87. The van der Waals surface area contributed by atoms with Crippen LogP contribution in [-0.2, 0) is 15.0 Å². The first-order chi connectivity index (χ1) is 14.8. The minimum atomic E-state index is -0.525. The lowest BCUT2D eigenvalue weighted by molar-refractivity contribution is -0.122. The van der Waals surface area contributed by atoms with Crippen LogP contribution >= 0.6 is 0 Å². The second-order valence-corrected chi connectivity index (χ2v) is 8.87. The lowest BCUT2D eigenvalue weighted by Crippen LogP contribution is -2.31. The van der Waals surface area contributed by atoms with Crippen LogP contribution in [0, 0.1) is 11.8 Å². The summed E-state index contributed by atoms with van der Waals surface area (Å²) in [4.78, 5) is 39.6. The van der Waals surface area contributed by atoms with Crippen LogP contribution in [-0.4, -0.2) is 17.8 Å². The quantitative estimate of drug-likeness (QED) is 0.296. The molecule has 1 aliphatic heterocycles. The highest BCUT2D eigenvalue weighted by atomic mass is 16.5. The Balaban J connectivity index is 1.51. The summed E-state index contributed by atoms with van der Waals surface area (Å²) >= 11 is 0. The zero-order valence-electron chi connectivity index (χ0n) is 18.1. The third-order valence-corrected chi connectivity index (χ3v) is 6.58. The molecule has 0 aromatic heterocycles. The summed E-state index contributed by atoms with van der Waals surface area (Å²) in [5.74, 6) is -1.07. The van der Waals surface area contributed by atoms with Gasteiger partial charge in [-0.25, -0.2) is 4.79 Å². The molecule has 4 rings (SSSR count). The van der Waals surface area contributed by atoms with E-state index in [1.807, 2.05) is 24.3 Å². The molecule has 2 aromatic rings. The van der Waals surface area contributed by atoms with Crippen LogP contribution in [0.5, 0.6) is 5.75 Å². The normalized spacial score (nSPS) is 20.7. The van der Waals surface area contributed by atoms with E-state index in [9.17, 15) is 14.4 Å². The SMILES string of the molecule is CCC(C)(C)c1ccc(OC(=O)c2cccc(N3C(=O)[C@H]4CC=CC[C@@H]4C3=O)c2)cc1. The Kier molecular flexibility index (Phi) is 5.52. The van der Waals surface area contributed by atoms with Crippen molar-refractivity contribution in [2.75, 3.05) is 4.90 Å². The van der Waals surface area contributed by atoms with Gasteiger partial charge in [-0.2, -0.15) is 0 Å². The van der Waals surface area contributed by atoms with E-state index < -0.39 is 5.97 Å². The molecule has 0 radical (unpaired) electrons. The summed E-state index contributed by atoms with van der Waals surface area (Å²) in [6.45, 7) is 6.49. The Morgan fingerprint density at radius 3 is 2.19 bits per heavy atom. The highest BCUT2D eigenvalue weighted by Crippen LogP contribution is 2.38. The average Bonchev–Trinajstić information content (AvgIpc) is 3.04. The van der Waals surface area contributed by atoms with Gasteiger partial charge in [-0.3, -0.25) is 14.5 Å². The summed E-state index contributed by atoms with van der Waals surface area (Å²) in [6, 6.07) is 14.1. The molecule has 1 aliphatic carbocycles. The summed E-state index contributed by atoms with van der Waals surface area (Å²) in [5.41, 5.74) is 1.94. The van der Waals surface area contributed by atoms with Crippen molar-refractivity contribution in [2.45, 2.75) is 45.4 Å². The van der Waals surface area contributed by atoms with Gasteiger partial charge in [0.2, 0.25) is 11.8 Å². The maximum Gasteiger partial charge on any atom is 0.343 e. The van der Waals surface area contributed by atoms with Gasteiger partial charge in [-0.1, -0.05) is 51.1 Å². The molecule has 2 aromatic carbocycles. The fraction of sp³-hybridized carbons (Fsp3) is 0.346. The predicted octanol–water partition coefficient (Wildman–Crippen LogP) is 5.05. The van der Waals surface area contributed by atoms with Crippen LogP contribution in [0.1, 0.15) is 56.0 Å². The molecule has 5 heteroatoms. The zero-order valence-corrected chi connectivity index (χ0v) is 18.1. The first kappa shape index (κ1) is 21.0. The highest BCUT2D eigenvalue weighted by Gasteiger charge is 2.47. The molecule has 0 saturated carbocycles. The van der Waals surface area contributed by atoms with Crippen LogP contribution in [0.4, 0.5) is 5.69 Å². The van der Waals surface area contributed by atoms with Crippen molar-refractivity contribution in [3.05, 3.63) is 71.8 Å². The number of hydrogen-bond acceptors (Lipinski definition) is 4. The van der Waals surface area contributed by atoms with Crippen molar-refractivity contribution in [3.63, 3.8) is 0 Å². The first-order valence-electron chi connectivity index (χ1n) is 10.8. The van der Waals surface area contributed by atoms with Gasteiger partial charge in [0.05, 0.1) is 23.1 Å². The number of imide groups is 1. The number of carbonyl (C=O) groups is 3. The molecule has 31 heavy (non-hydrogen) atoms. The summed E-state index contributed by atoms with van der Waals surface area (Å²) in [5, 5.41) is 0. The maximum absolute atomic E-state index is 12.8. The molecule has 1 heterocycles. The number of rotatable bonds is 5. The third kappa shape index (κ3) is 3.92. The first-order valence-corrected chi connectivity index (χ1v) is 10.8. The topological polar surface area (TPSA) is 63.7 Å². The van der Waals surface area contributed by atoms with Crippen LogP contribution in [0.3, 0.4) is 0 Å². The van der Waals surface area contributed by atoms with Crippen molar-refractivity contribution in [3.8, 4) is 5.75 Å². The van der Waals surface area contributed by atoms with Gasteiger partial charge in [0, 0.05) is 0 Å². The predicted molar refractivity (Wildman–Crippen MR) is 119 cm³/mol. The Morgan fingerprint density at radius 1 is 1.00 bits per heavy atom. The van der Waals surface area contributed by atoms with Gasteiger partial charge in [-0.15, -0.1) is 0 Å². The molecule has 2 atom stereocenters. The Labute approximate surface area is 182 Å². The fourth-order valence-electron chi connectivity index (χ4n) is 4.17. The van der Waals surface area contributed by atoms with Gasteiger partial charge in [0.15, 0.2) is 0 Å². The molecule has 160 valence electrons.